The number of aromatic amines is 1. The summed E-state index contributed by atoms with van der Waals surface area (Å²) in [5.74, 6) is 0. The first-order valence-electron chi connectivity index (χ1n) is 4.35. The molecule has 0 aliphatic rings. The number of H-pyrrole nitrogens is 1. The second kappa shape index (κ2) is 4.23. The van der Waals surface area contributed by atoms with Gasteiger partial charge in [-0.3, -0.25) is 4.79 Å². The molecule has 3 heteroatoms. The first-order valence-corrected chi connectivity index (χ1v) is 5.17. The minimum absolute atomic E-state index is 0.0191. The van der Waals surface area contributed by atoms with Crippen LogP contribution < -0.4 is 4.87 Å². The Morgan fingerprint density at radius 3 is 2.69 bits per heavy atom. The lowest BCUT2D eigenvalue weighted by Crippen LogP contribution is -1.89. The molecule has 13 heavy (non-hydrogen) atoms. The number of nitrogens with one attached hydrogen (secondary N) is 1. The third-order valence-electron chi connectivity index (χ3n) is 1.58. The lowest BCUT2D eigenvalue weighted by atomic mass is 10.2. The highest BCUT2D eigenvalue weighted by Crippen LogP contribution is 2.14. The highest BCUT2D eigenvalue weighted by molar-refractivity contribution is 7.16. The van der Waals surface area contributed by atoms with Gasteiger partial charge < -0.3 is 4.98 Å². The van der Waals surface area contributed by atoms with E-state index in [-0.39, 0.29) is 4.87 Å². The summed E-state index contributed by atoms with van der Waals surface area (Å²) in [6.07, 6.45) is 0. The molecule has 0 aliphatic carbocycles. The number of hydrogen-bond acceptors (Lipinski definition) is 2. The molecule has 0 unspecified atom stereocenters. The zero-order valence-corrected chi connectivity index (χ0v) is 8.87. The zero-order valence-electron chi connectivity index (χ0n) is 8.05. The van der Waals surface area contributed by atoms with Crippen molar-refractivity contribution in [1.29, 1.82) is 0 Å². The van der Waals surface area contributed by atoms with Gasteiger partial charge >= 0.3 is 4.87 Å². The Hall–Kier alpha value is -1.09. The van der Waals surface area contributed by atoms with Gasteiger partial charge in [0.15, 0.2) is 0 Å². The summed E-state index contributed by atoms with van der Waals surface area (Å²) in [6.45, 7) is 6.02. The Kier molecular flexibility index (Phi) is 3.25. The van der Waals surface area contributed by atoms with Crippen LogP contribution in [0.25, 0.3) is 10.2 Å². The molecule has 0 saturated heterocycles. The number of rotatable bonds is 0. The fraction of sp³-hybridized carbons (Fsp3) is 0.300. The quantitative estimate of drug-likeness (QED) is 0.688. The average molecular weight is 195 g/mol. The van der Waals surface area contributed by atoms with Crippen LogP contribution >= 0.6 is 11.3 Å². The van der Waals surface area contributed by atoms with Gasteiger partial charge in [0.05, 0.1) is 10.2 Å². The number of fused-ring (bicyclic) bond motifs is 1. The molecule has 0 saturated carbocycles. The lowest BCUT2D eigenvalue weighted by molar-refractivity contribution is 1.40. The summed E-state index contributed by atoms with van der Waals surface area (Å²) in [6, 6.07) is 5.94. The van der Waals surface area contributed by atoms with Crippen LogP contribution in [0, 0.1) is 6.92 Å². The van der Waals surface area contributed by atoms with E-state index in [0.717, 1.165) is 10.2 Å². The summed E-state index contributed by atoms with van der Waals surface area (Å²) in [5, 5.41) is 0. The largest absolute Gasteiger partial charge is 0.312 e. The van der Waals surface area contributed by atoms with Crippen LogP contribution in [0.4, 0.5) is 0 Å². The topological polar surface area (TPSA) is 32.9 Å². The third-order valence-corrected chi connectivity index (χ3v) is 2.42. The Morgan fingerprint density at radius 2 is 2.00 bits per heavy atom. The average Bonchev–Trinajstić information content (AvgIpc) is 2.48. The monoisotopic (exact) mass is 195 g/mol. The van der Waals surface area contributed by atoms with Crippen molar-refractivity contribution in [2.75, 3.05) is 0 Å². The molecular formula is C10H13NOS. The molecule has 1 aromatic carbocycles. The molecule has 0 aliphatic heterocycles. The van der Waals surface area contributed by atoms with Crippen molar-refractivity contribution in [3.8, 4) is 0 Å². The van der Waals surface area contributed by atoms with Crippen LogP contribution in [0.3, 0.4) is 0 Å². The second-order valence-corrected chi connectivity index (χ2v) is 3.53. The van der Waals surface area contributed by atoms with E-state index in [1.165, 1.54) is 16.9 Å². The molecule has 0 spiro atoms. The molecular weight excluding hydrogens is 182 g/mol. The Bertz CT molecular complexity index is 441. The van der Waals surface area contributed by atoms with E-state index in [2.05, 4.69) is 4.98 Å². The van der Waals surface area contributed by atoms with Gasteiger partial charge in [0.1, 0.15) is 0 Å². The predicted molar refractivity (Wildman–Crippen MR) is 58.5 cm³/mol. The van der Waals surface area contributed by atoms with Gasteiger partial charge in [-0.15, -0.1) is 0 Å². The van der Waals surface area contributed by atoms with Crippen LogP contribution in [0.2, 0.25) is 0 Å². The molecule has 1 heterocycles. The zero-order chi connectivity index (χ0) is 9.84. The molecule has 70 valence electrons. The van der Waals surface area contributed by atoms with Gasteiger partial charge in [-0.1, -0.05) is 31.3 Å². The van der Waals surface area contributed by atoms with E-state index in [1.54, 1.807) is 0 Å². The maximum Gasteiger partial charge on any atom is 0.305 e. The van der Waals surface area contributed by atoms with E-state index < -0.39 is 0 Å². The minimum atomic E-state index is 0.0191. The molecule has 2 nitrogen and oxygen atoms in total. The van der Waals surface area contributed by atoms with Gasteiger partial charge in [0.25, 0.3) is 0 Å². The van der Waals surface area contributed by atoms with Crippen molar-refractivity contribution in [2.24, 2.45) is 0 Å². The van der Waals surface area contributed by atoms with Crippen LogP contribution in [0.1, 0.15) is 19.4 Å². The number of thiazole rings is 1. The van der Waals surface area contributed by atoms with Crippen molar-refractivity contribution in [1.82, 2.24) is 4.98 Å². The summed E-state index contributed by atoms with van der Waals surface area (Å²) < 4.78 is 1.04. The first kappa shape index (κ1) is 9.99. The molecule has 0 amide bonds. The molecule has 2 rings (SSSR count). The van der Waals surface area contributed by atoms with Crippen molar-refractivity contribution in [2.45, 2.75) is 20.8 Å². The van der Waals surface area contributed by atoms with E-state index in [0.29, 0.717) is 0 Å². The third kappa shape index (κ3) is 2.18. The fourth-order valence-electron chi connectivity index (χ4n) is 1.05. The predicted octanol–water partition coefficient (Wildman–Crippen LogP) is 2.92. The summed E-state index contributed by atoms with van der Waals surface area (Å²) in [4.78, 5) is 13.6. The van der Waals surface area contributed by atoms with Crippen LogP contribution in [0.15, 0.2) is 23.0 Å². The first-order chi connectivity index (χ1) is 6.25. The summed E-state index contributed by atoms with van der Waals surface area (Å²) in [5.41, 5.74) is 2.12. The molecule has 1 N–H and O–H groups in total. The minimum Gasteiger partial charge on any atom is -0.312 e. The van der Waals surface area contributed by atoms with Crippen molar-refractivity contribution in [3.63, 3.8) is 0 Å². The SMILES string of the molecule is CC.Cc1ccc2[nH]c(=O)sc2c1. The molecule has 0 bridgehead atoms. The van der Waals surface area contributed by atoms with Crippen LogP contribution in [-0.2, 0) is 0 Å². The molecule has 2 aromatic rings. The number of hydrogen-bond donors (Lipinski definition) is 1. The van der Waals surface area contributed by atoms with Crippen LogP contribution in [0.5, 0.6) is 0 Å². The van der Waals surface area contributed by atoms with E-state index >= 15 is 0 Å². The smallest absolute Gasteiger partial charge is 0.305 e. The van der Waals surface area contributed by atoms with E-state index in [1.807, 2.05) is 39.0 Å². The van der Waals surface area contributed by atoms with Gasteiger partial charge in [0, 0.05) is 0 Å². The van der Waals surface area contributed by atoms with Crippen molar-refractivity contribution >= 4 is 21.6 Å². The maximum absolute atomic E-state index is 10.9. The van der Waals surface area contributed by atoms with Gasteiger partial charge in [0.2, 0.25) is 0 Å². The van der Waals surface area contributed by atoms with Gasteiger partial charge in [-0.25, -0.2) is 0 Å². The Balaban J connectivity index is 0.000000396. The van der Waals surface area contributed by atoms with Gasteiger partial charge in [-0.2, -0.15) is 0 Å². The van der Waals surface area contributed by atoms with Crippen LogP contribution in [-0.4, -0.2) is 4.98 Å². The van der Waals surface area contributed by atoms with E-state index in [4.69, 9.17) is 0 Å². The number of aromatic nitrogens is 1. The highest BCUT2D eigenvalue weighted by Gasteiger charge is 1.96. The Morgan fingerprint density at radius 1 is 1.31 bits per heavy atom. The molecule has 0 atom stereocenters. The highest BCUT2D eigenvalue weighted by atomic mass is 32.1. The van der Waals surface area contributed by atoms with Gasteiger partial charge in [-0.05, 0) is 24.6 Å². The lowest BCUT2D eigenvalue weighted by Gasteiger charge is -1.89. The number of benzene rings is 1. The summed E-state index contributed by atoms with van der Waals surface area (Å²) >= 11 is 1.26. The summed E-state index contributed by atoms with van der Waals surface area (Å²) in [7, 11) is 0. The maximum atomic E-state index is 10.9. The molecule has 0 radical (unpaired) electrons. The van der Waals surface area contributed by atoms with Crippen molar-refractivity contribution in [3.05, 3.63) is 33.4 Å². The van der Waals surface area contributed by atoms with E-state index in [9.17, 15) is 4.79 Å². The molecule has 0 fully saturated rings. The standard InChI is InChI=1S/C8H7NOS.C2H6/c1-5-2-3-6-7(4-5)11-8(10)9-6;1-2/h2-4H,1H3,(H,9,10);1-2H3. The Labute approximate surface area is 81.2 Å². The second-order valence-electron chi connectivity index (χ2n) is 2.51. The normalized spacial score (nSPS) is 9.46. The fourth-order valence-corrected chi connectivity index (χ4v) is 1.89. The molecule has 1 aromatic heterocycles. The van der Waals surface area contributed by atoms with Crippen molar-refractivity contribution < 1.29 is 0 Å². The number of aryl methyl sites for hydroxylation is 1.